The van der Waals surface area contributed by atoms with E-state index in [1.165, 1.54) is 21.6 Å². The Morgan fingerprint density at radius 1 is 1.05 bits per heavy atom. The van der Waals surface area contributed by atoms with Gasteiger partial charge in [0.05, 0.1) is 0 Å². The van der Waals surface area contributed by atoms with Crippen LogP contribution in [0.3, 0.4) is 0 Å². The zero-order chi connectivity index (χ0) is 28.3. The van der Waals surface area contributed by atoms with Gasteiger partial charge in [-0.25, -0.2) is 4.79 Å². The number of amides is 4. The minimum absolute atomic E-state index is 0.395. The lowest BCUT2D eigenvalue weighted by atomic mass is 9.95. The van der Waals surface area contributed by atoms with Crippen molar-refractivity contribution in [3.63, 3.8) is 0 Å². The van der Waals surface area contributed by atoms with Crippen LogP contribution >= 0.6 is 11.8 Å². The number of β-lactam (4-membered cyclic amide) rings is 1. The van der Waals surface area contributed by atoms with Crippen LogP contribution in [0.1, 0.15) is 32.4 Å². The topological polar surface area (TPSA) is 136 Å². The quantitative estimate of drug-likeness (QED) is 0.321. The Balaban J connectivity index is 1.46. The number of rotatable bonds is 9. The number of thioether (sulfide) groups is 1. The molecule has 0 radical (unpaired) electrons. The van der Waals surface area contributed by atoms with E-state index in [4.69, 9.17) is 0 Å². The molecule has 4 rings (SSSR count). The number of carbonyl (C=O) groups excluding carboxylic acids is 4. The van der Waals surface area contributed by atoms with E-state index in [-0.39, 0.29) is 0 Å². The van der Waals surface area contributed by atoms with Gasteiger partial charge in [0.2, 0.25) is 17.7 Å². The molecular formula is C28H30N4O6S. The predicted octanol–water partition coefficient (Wildman–Crippen LogP) is 2.08. The number of carbonyl (C=O) groups is 5. The predicted molar refractivity (Wildman–Crippen MR) is 147 cm³/mol. The molecule has 39 heavy (non-hydrogen) atoms. The van der Waals surface area contributed by atoms with Gasteiger partial charge in [-0.2, -0.15) is 0 Å². The number of aliphatic carboxylic acids is 1. The molecule has 2 heterocycles. The van der Waals surface area contributed by atoms with Crippen LogP contribution < -0.4 is 15.5 Å². The zero-order valence-electron chi connectivity index (χ0n) is 21.7. The van der Waals surface area contributed by atoms with Crippen molar-refractivity contribution in [3.8, 4) is 0 Å². The first-order chi connectivity index (χ1) is 18.5. The van der Waals surface area contributed by atoms with Crippen LogP contribution in [0.15, 0.2) is 72.8 Å². The van der Waals surface area contributed by atoms with Gasteiger partial charge >= 0.3 is 5.97 Å². The molecule has 0 saturated carbocycles. The van der Waals surface area contributed by atoms with Gasteiger partial charge < -0.3 is 25.5 Å². The molecule has 2 aliphatic rings. The summed E-state index contributed by atoms with van der Waals surface area (Å²) in [6, 6.07) is 14.5. The lowest BCUT2D eigenvalue weighted by Crippen LogP contribution is -2.71. The number of nitrogens with one attached hydrogen (secondary N) is 2. The molecule has 204 valence electrons. The van der Waals surface area contributed by atoms with Crippen molar-refractivity contribution in [1.29, 1.82) is 0 Å². The second kappa shape index (κ2) is 11.3. The lowest BCUT2D eigenvalue weighted by molar-refractivity contribution is -0.161. The van der Waals surface area contributed by atoms with Crippen molar-refractivity contribution in [2.75, 3.05) is 11.4 Å². The summed E-state index contributed by atoms with van der Waals surface area (Å²) >= 11 is 1.31. The number of carboxylic acids is 1. The van der Waals surface area contributed by atoms with Crippen molar-refractivity contribution in [1.82, 2.24) is 15.5 Å². The van der Waals surface area contributed by atoms with Crippen molar-refractivity contribution in [2.24, 2.45) is 0 Å². The van der Waals surface area contributed by atoms with E-state index in [2.05, 4.69) is 10.6 Å². The van der Waals surface area contributed by atoms with E-state index >= 15 is 0 Å². The molecule has 2 aromatic rings. The number of benzene rings is 2. The SMILES string of the molecule is CCN(C(=O)/C=C/C(=O)NC(C(=O)N[C@@H]1C(=O)N2[C@@H]1SC(C)(C)[C@@H]2C(=O)O)c1ccccc1)c1ccccc1. The summed E-state index contributed by atoms with van der Waals surface area (Å²) in [6.07, 6.45) is 2.21. The third-order valence-electron chi connectivity index (χ3n) is 6.68. The minimum Gasteiger partial charge on any atom is -0.480 e. The number of para-hydroxylation sites is 1. The molecule has 11 heteroatoms. The average molecular weight is 551 g/mol. The summed E-state index contributed by atoms with van der Waals surface area (Å²) in [6.45, 7) is 5.72. The van der Waals surface area contributed by atoms with E-state index in [1.54, 1.807) is 56.3 Å². The summed E-state index contributed by atoms with van der Waals surface area (Å²) in [7, 11) is 0. The fourth-order valence-electron chi connectivity index (χ4n) is 4.83. The third kappa shape index (κ3) is 5.68. The summed E-state index contributed by atoms with van der Waals surface area (Å²) in [5, 5.41) is 14.4. The second-order valence-corrected chi connectivity index (χ2v) is 11.5. The number of anilines is 1. The Morgan fingerprint density at radius 2 is 1.67 bits per heavy atom. The molecule has 2 aromatic carbocycles. The first kappa shape index (κ1) is 27.9. The number of nitrogens with zero attached hydrogens (tertiary/aromatic N) is 2. The summed E-state index contributed by atoms with van der Waals surface area (Å²) in [5.41, 5.74) is 1.17. The van der Waals surface area contributed by atoms with Gasteiger partial charge in [-0.3, -0.25) is 19.2 Å². The monoisotopic (exact) mass is 550 g/mol. The highest BCUT2D eigenvalue weighted by molar-refractivity contribution is 8.01. The van der Waals surface area contributed by atoms with Crippen LogP contribution in [0.4, 0.5) is 5.69 Å². The van der Waals surface area contributed by atoms with Gasteiger partial charge in [0.25, 0.3) is 5.91 Å². The molecule has 1 unspecified atom stereocenters. The molecule has 4 amide bonds. The maximum atomic E-state index is 13.3. The fourth-order valence-corrected chi connectivity index (χ4v) is 6.45. The normalized spacial score (nSPS) is 22.0. The first-order valence-electron chi connectivity index (χ1n) is 12.5. The molecule has 0 spiro atoms. The molecule has 2 aliphatic heterocycles. The minimum atomic E-state index is -1.15. The number of hydrogen-bond donors (Lipinski definition) is 3. The number of fused-ring (bicyclic) bond motifs is 1. The number of carboxylic acid groups (broad SMARTS) is 1. The fraction of sp³-hybridized carbons (Fsp3) is 0.321. The van der Waals surface area contributed by atoms with E-state index in [0.29, 0.717) is 17.8 Å². The highest BCUT2D eigenvalue weighted by Crippen LogP contribution is 2.50. The highest BCUT2D eigenvalue weighted by Gasteiger charge is 2.64. The van der Waals surface area contributed by atoms with E-state index in [0.717, 1.165) is 12.2 Å². The molecular weight excluding hydrogens is 520 g/mol. The molecule has 2 saturated heterocycles. The highest BCUT2D eigenvalue weighted by atomic mass is 32.2. The standard InChI is InChI=1S/C28H30N4O6S/c1-4-31(18-13-9-6-10-14-18)20(34)16-15-19(33)29-21(17-11-7-5-8-12-17)24(35)30-22-25(36)32-23(27(37)38)28(2,3)39-26(22)32/h5-16,21-23,26H,4H2,1-3H3,(H,29,33)(H,30,35)(H,37,38)/b16-15+/t21?,22-,23+,26-/m1/s1. The summed E-state index contributed by atoms with van der Waals surface area (Å²) in [5.74, 6) is -3.27. The smallest absolute Gasteiger partial charge is 0.327 e. The van der Waals surface area contributed by atoms with Gasteiger partial charge in [0.1, 0.15) is 23.5 Å². The van der Waals surface area contributed by atoms with E-state index in [9.17, 15) is 29.1 Å². The van der Waals surface area contributed by atoms with Crippen LogP contribution in [0.2, 0.25) is 0 Å². The largest absolute Gasteiger partial charge is 0.480 e. The Bertz CT molecular complexity index is 1300. The average Bonchev–Trinajstić information content (AvgIpc) is 3.18. The molecule has 2 fully saturated rings. The van der Waals surface area contributed by atoms with Crippen molar-refractivity contribution >= 4 is 47.0 Å². The van der Waals surface area contributed by atoms with Crippen molar-refractivity contribution in [2.45, 2.75) is 49.0 Å². The Hall–Kier alpha value is -4.12. The molecule has 10 nitrogen and oxygen atoms in total. The first-order valence-corrected chi connectivity index (χ1v) is 13.4. The van der Waals surface area contributed by atoms with Crippen LogP contribution in [-0.4, -0.2) is 68.4 Å². The van der Waals surface area contributed by atoms with Gasteiger partial charge in [0.15, 0.2) is 0 Å². The molecule has 0 aromatic heterocycles. The second-order valence-electron chi connectivity index (χ2n) is 9.69. The van der Waals surface area contributed by atoms with Crippen LogP contribution in [0.25, 0.3) is 0 Å². The van der Waals surface area contributed by atoms with Crippen LogP contribution in [-0.2, 0) is 24.0 Å². The van der Waals surface area contributed by atoms with Crippen molar-refractivity contribution in [3.05, 3.63) is 78.4 Å². The summed E-state index contributed by atoms with van der Waals surface area (Å²) in [4.78, 5) is 66.3. The van der Waals surface area contributed by atoms with E-state index in [1.807, 2.05) is 25.1 Å². The number of likely N-dealkylation sites (N-methyl/N-ethyl adjacent to an activating group) is 1. The van der Waals surface area contributed by atoms with Crippen LogP contribution in [0.5, 0.6) is 0 Å². The van der Waals surface area contributed by atoms with Crippen molar-refractivity contribution < 1.29 is 29.1 Å². The maximum Gasteiger partial charge on any atom is 0.327 e. The molecule has 0 bridgehead atoms. The Labute approximate surface area is 230 Å². The van der Waals surface area contributed by atoms with Gasteiger partial charge in [0, 0.05) is 29.1 Å². The van der Waals surface area contributed by atoms with Gasteiger partial charge in [-0.05, 0) is 38.5 Å². The molecule has 3 N–H and O–H groups in total. The zero-order valence-corrected chi connectivity index (χ0v) is 22.6. The number of hydrogen-bond acceptors (Lipinski definition) is 6. The lowest BCUT2D eigenvalue weighted by Gasteiger charge is -2.44. The van der Waals surface area contributed by atoms with Gasteiger partial charge in [-0.15, -0.1) is 11.8 Å². The maximum absolute atomic E-state index is 13.3. The molecule has 4 atom stereocenters. The van der Waals surface area contributed by atoms with Gasteiger partial charge in [-0.1, -0.05) is 48.5 Å². The van der Waals surface area contributed by atoms with Crippen LogP contribution in [0, 0.1) is 0 Å². The Kier molecular flexibility index (Phi) is 8.10. The summed E-state index contributed by atoms with van der Waals surface area (Å²) < 4.78 is -0.734. The molecule has 0 aliphatic carbocycles. The third-order valence-corrected chi connectivity index (χ3v) is 8.25. The van der Waals surface area contributed by atoms with E-state index < -0.39 is 57.8 Å². The Morgan fingerprint density at radius 3 is 2.26 bits per heavy atom.